The van der Waals surface area contributed by atoms with E-state index in [9.17, 15) is 0 Å². The highest BCUT2D eigenvalue weighted by molar-refractivity contribution is 5.64. The van der Waals surface area contributed by atoms with Crippen molar-refractivity contribution >= 4 is 5.69 Å². The van der Waals surface area contributed by atoms with Crippen LogP contribution in [0.3, 0.4) is 0 Å². The summed E-state index contributed by atoms with van der Waals surface area (Å²) in [5.41, 5.74) is 6.98. The Morgan fingerprint density at radius 1 is 1.19 bits per heavy atom. The quantitative estimate of drug-likeness (QED) is 0.851. The van der Waals surface area contributed by atoms with Gasteiger partial charge in [0.1, 0.15) is 5.75 Å². The highest BCUT2D eigenvalue weighted by Gasteiger charge is 2.07. The zero-order chi connectivity index (χ0) is 11.4. The second-order valence-corrected chi connectivity index (χ2v) is 3.27. The van der Waals surface area contributed by atoms with Crippen LogP contribution in [0.15, 0.2) is 36.7 Å². The lowest BCUT2D eigenvalue weighted by molar-refractivity contribution is 0.341. The van der Waals surface area contributed by atoms with E-state index in [1.54, 1.807) is 12.4 Å². The van der Waals surface area contributed by atoms with E-state index >= 15 is 0 Å². The molecule has 1 aromatic heterocycles. The van der Waals surface area contributed by atoms with Crippen molar-refractivity contribution < 1.29 is 4.74 Å². The number of ether oxygens (including phenoxy) is 1. The van der Waals surface area contributed by atoms with Gasteiger partial charge < -0.3 is 10.5 Å². The number of hydrogen-bond donors (Lipinski definition) is 1. The van der Waals surface area contributed by atoms with Crippen LogP contribution in [-0.4, -0.2) is 16.6 Å². The summed E-state index contributed by atoms with van der Waals surface area (Å²) in [5.74, 6) is 1.41. The Kier molecular flexibility index (Phi) is 3.00. The second kappa shape index (κ2) is 4.61. The van der Waals surface area contributed by atoms with Crippen molar-refractivity contribution in [3.8, 4) is 17.1 Å². The Balaban J connectivity index is 2.42. The lowest BCUT2D eigenvalue weighted by atomic mass is 10.2. The van der Waals surface area contributed by atoms with Crippen LogP contribution in [0.2, 0.25) is 0 Å². The van der Waals surface area contributed by atoms with Crippen molar-refractivity contribution in [3.63, 3.8) is 0 Å². The van der Waals surface area contributed by atoms with E-state index in [1.807, 2.05) is 31.2 Å². The highest BCUT2D eigenvalue weighted by atomic mass is 16.5. The number of nitrogen functional groups attached to an aromatic ring is 1. The summed E-state index contributed by atoms with van der Waals surface area (Å²) >= 11 is 0. The maximum Gasteiger partial charge on any atom is 0.163 e. The van der Waals surface area contributed by atoms with Crippen molar-refractivity contribution in [2.45, 2.75) is 6.92 Å². The third-order valence-corrected chi connectivity index (χ3v) is 2.10. The topological polar surface area (TPSA) is 61.0 Å². The van der Waals surface area contributed by atoms with Crippen LogP contribution in [0.4, 0.5) is 5.69 Å². The highest BCUT2D eigenvalue weighted by Crippen LogP contribution is 2.26. The first-order valence-electron chi connectivity index (χ1n) is 5.11. The monoisotopic (exact) mass is 215 g/mol. The fraction of sp³-hybridized carbons (Fsp3) is 0.167. The number of rotatable bonds is 3. The summed E-state index contributed by atoms with van der Waals surface area (Å²) in [7, 11) is 0. The molecular formula is C12H13N3O. The molecule has 0 aliphatic carbocycles. The van der Waals surface area contributed by atoms with Gasteiger partial charge in [-0.25, -0.2) is 9.97 Å². The van der Waals surface area contributed by atoms with E-state index in [-0.39, 0.29) is 0 Å². The van der Waals surface area contributed by atoms with Crippen LogP contribution in [0.1, 0.15) is 6.92 Å². The minimum Gasteiger partial charge on any atom is -0.493 e. The number of hydrogen-bond acceptors (Lipinski definition) is 4. The van der Waals surface area contributed by atoms with Gasteiger partial charge in [-0.3, -0.25) is 0 Å². The zero-order valence-electron chi connectivity index (χ0n) is 9.05. The molecule has 2 N–H and O–H groups in total. The minimum absolute atomic E-state index is 0.553. The first-order valence-corrected chi connectivity index (χ1v) is 5.11. The third-order valence-electron chi connectivity index (χ3n) is 2.10. The molecule has 0 atom stereocenters. The number of aromatic nitrogens is 2. The van der Waals surface area contributed by atoms with Gasteiger partial charge in [0.15, 0.2) is 5.82 Å². The fourth-order valence-electron chi connectivity index (χ4n) is 1.41. The van der Waals surface area contributed by atoms with E-state index in [4.69, 9.17) is 10.5 Å². The number of para-hydroxylation sites is 1. The van der Waals surface area contributed by atoms with Gasteiger partial charge in [0.05, 0.1) is 30.3 Å². The first-order chi connectivity index (χ1) is 7.81. The second-order valence-electron chi connectivity index (χ2n) is 3.27. The first kappa shape index (κ1) is 10.4. The van der Waals surface area contributed by atoms with Gasteiger partial charge in [-0.1, -0.05) is 12.1 Å². The lowest BCUT2D eigenvalue weighted by Crippen LogP contribution is -1.97. The summed E-state index contributed by atoms with van der Waals surface area (Å²) in [5, 5.41) is 0. The average Bonchev–Trinajstić information content (AvgIpc) is 2.32. The fourth-order valence-corrected chi connectivity index (χ4v) is 1.41. The Labute approximate surface area is 94.1 Å². The van der Waals surface area contributed by atoms with E-state index in [1.165, 1.54) is 0 Å². The molecule has 4 nitrogen and oxygen atoms in total. The lowest BCUT2D eigenvalue weighted by Gasteiger charge is -2.08. The molecule has 0 saturated heterocycles. The van der Waals surface area contributed by atoms with E-state index in [2.05, 4.69) is 9.97 Å². The molecule has 0 bridgehead atoms. The number of benzene rings is 1. The summed E-state index contributed by atoms with van der Waals surface area (Å²) in [4.78, 5) is 8.35. The molecule has 82 valence electrons. The molecule has 1 aromatic carbocycles. The SMILES string of the molecule is CCOc1ccccc1-c1ncc(N)cn1. The molecule has 0 saturated carbocycles. The molecule has 1 heterocycles. The zero-order valence-corrected chi connectivity index (χ0v) is 9.05. The Hall–Kier alpha value is -2.10. The molecule has 0 radical (unpaired) electrons. The van der Waals surface area contributed by atoms with Gasteiger partial charge in [0.25, 0.3) is 0 Å². The normalized spacial score (nSPS) is 10.1. The number of anilines is 1. The van der Waals surface area contributed by atoms with Crippen LogP contribution in [0.5, 0.6) is 5.75 Å². The molecule has 2 aromatic rings. The summed E-state index contributed by atoms with van der Waals surface area (Å²) in [6, 6.07) is 7.68. The van der Waals surface area contributed by atoms with Crippen LogP contribution < -0.4 is 10.5 Å². The van der Waals surface area contributed by atoms with Crippen molar-refractivity contribution in [1.82, 2.24) is 9.97 Å². The van der Waals surface area contributed by atoms with E-state index in [0.717, 1.165) is 11.3 Å². The summed E-state index contributed by atoms with van der Waals surface area (Å²) in [6.45, 7) is 2.56. The van der Waals surface area contributed by atoms with Gasteiger partial charge in [-0.2, -0.15) is 0 Å². The predicted octanol–water partition coefficient (Wildman–Crippen LogP) is 2.12. The van der Waals surface area contributed by atoms with E-state index in [0.29, 0.717) is 18.1 Å². The van der Waals surface area contributed by atoms with Gasteiger partial charge in [0.2, 0.25) is 0 Å². The molecule has 0 amide bonds. The molecule has 16 heavy (non-hydrogen) atoms. The maximum absolute atomic E-state index is 5.55. The van der Waals surface area contributed by atoms with Gasteiger partial charge in [0, 0.05) is 0 Å². The minimum atomic E-state index is 0.553. The van der Waals surface area contributed by atoms with Crippen LogP contribution >= 0.6 is 0 Å². The maximum atomic E-state index is 5.55. The standard InChI is InChI=1S/C12H13N3O/c1-2-16-11-6-4-3-5-10(11)12-14-7-9(13)8-15-12/h3-8H,2,13H2,1H3. The molecule has 2 rings (SSSR count). The third kappa shape index (κ3) is 2.11. The molecule has 0 aliphatic rings. The average molecular weight is 215 g/mol. The molecule has 0 unspecified atom stereocenters. The van der Waals surface area contributed by atoms with Crippen LogP contribution in [0, 0.1) is 0 Å². The molecule has 4 heteroatoms. The van der Waals surface area contributed by atoms with Crippen molar-refractivity contribution in [1.29, 1.82) is 0 Å². The Bertz CT molecular complexity index is 468. The van der Waals surface area contributed by atoms with E-state index < -0.39 is 0 Å². The molecule has 0 aliphatic heterocycles. The number of nitrogens with two attached hydrogens (primary N) is 1. The molecule has 0 spiro atoms. The summed E-state index contributed by atoms with van der Waals surface area (Å²) in [6.07, 6.45) is 3.18. The molecular weight excluding hydrogens is 202 g/mol. The van der Waals surface area contributed by atoms with Crippen molar-refractivity contribution in [2.24, 2.45) is 0 Å². The predicted molar refractivity (Wildman–Crippen MR) is 63.0 cm³/mol. The molecule has 0 fully saturated rings. The van der Waals surface area contributed by atoms with Crippen molar-refractivity contribution in [2.75, 3.05) is 12.3 Å². The summed E-state index contributed by atoms with van der Waals surface area (Å²) < 4.78 is 5.51. The van der Waals surface area contributed by atoms with Crippen molar-refractivity contribution in [3.05, 3.63) is 36.7 Å². The van der Waals surface area contributed by atoms with Gasteiger partial charge >= 0.3 is 0 Å². The number of nitrogens with zero attached hydrogens (tertiary/aromatic N) is 2. The Morgan fingerprint density at radius 3 is 2.56 bits per heavy atom. The van der Waals surface area contributed by atoms with Crippen LogP contribution in [-0.2, 0) is 0 Å². The Morgan fingerprint density at radius 2 is 1.88 bits per heavy atom. The smallest absolute Gasteiger partial charge is 0.163 e. The van der Waals surface area contributed by atoms with Crippen LogP contribution in [0.25, 0.3) is 11.4 Å². The van der Waals surface area contributed by atoms with Gasteiger partial charge in [-0.15, -0.1) is 0 Å². The largest absolute Gasteiger partial charge is 0.493 e. The van der Waals surface area contributed by atoms with Gasteiger partial charge in [-0.05, 0) is 19.1 Å².